The molecule has 22 heavy (non-hydrogen) atoms. The van der Waals surface area contributed by atoms with E-state index < -0.39 is 0 Å². The molecule has 0 fully saturated rings. The van der Waals surface area contributed by atoms with Gasteiger partial charge in [-0.3, -0.25) is 0 Å². The SMILES string of the molecule is CCCCCCCCCCCCCCCC[n+]1ccsc1.[Br-]. The lowest BCUT2D eigenvalue weighted by molar-refractivity contribution is -0.692. The van der Waals surface area contributed by atoms with Crippen molar-refractivity contribution in [3.8, 4) is 0 Å². The van der Waals surface area contributed by atoms with Crippen LogP contribution in [0.3, 0.4) is 0 Å². The van der Waals surface area contributed by atoms with E-state index in [0.29, 0.717) is 0 Å². The molecule has 0 aliphatic rings. The zero-order chi connectivity index (χ0) is 15.0. The van der Waals surface area contributed by atoms with Gasteiger partial charge in [-0.25, -0.2) is 0 Å². The van der Waals surface area contributed by atoms with Crippen LogP contribution in [0.2, 0.25) is 0 Å². The average molecular weight is 390 g/mol. The largest absolute Gasteiger partial charge is 1.00 e. The number of hydrogen-bond donors (Lipinski definition) is 0. The fraction of sp³-hybridized carbons (Fsp3) is 0.842. The van der Waals surface area contributed by atoms with Crippen molar-refractivity contribution in [1.29, 1.82) is 0 Å². The molecular formula is C19H36BrNS. The van der Waals surface area contributed by atoms with Crippen LogP contribution in [-0.2, 0) is 6.54 Å². The maximum atomic E-state index is 2.31. The van der Waals surface area contributed by atoms with E-state index in [0.717, 1.165) is 0 Å². The average Bonchev–Trinajstić information content (AvgIpc) is 3.01. The van der Waals surface area contributed by atoms with Gasteiger partial charge in [0.25, 0.3) is 0 Å². The molecule has 0 radical (unpaired) electrons. The number of aryl methyl sites for hydroxylation is 1. The molecule has 0 saturated carbocycles. The second kappa shape index (κ2) is 17.5. The first-order valence-electron chi connectivity index (χ1n) is 9.34. The molecule has 0 N–H and O–H groups in total. The van der Waals surface area contributed by atoms with Gasteiger partial charge in [-0.2, -0.15) is 4.57 Å². The topological polar surface area (TPSA) is 3.88 Å². The molecule has 1 rings (SSSR count). The number of hydrogen-bond acceptors (Lipinski definition) is 1. The Kier molecular flexibility index (Phi) is 17.6. The van der Waals surface area contributed by atoms with Crippen LogP contribution in [0.5, 0.6) is 0 Å². The lowest BCUT2D eigenvalue weighted by Gasteiger charge is -2.02. The Bertz CT molecular complexity index is 300. The molecule has 0 aliphatic heterocycles. The highest BCUT2D eigenvalue weighted by molar-refractivity contribution is 7.07. The van der Waals surface area contributed by atoms with E-state index >= 15 is 0 Å². The van der Waals surface area contributed by atoms with Gasteiger partial charge in [0, 0.05) is 6.42 Å². The predicted octanol–water partition coefficient (Wildman–Crippen LogP) is 3.52. The molecule has 1 aromatic rings. The first-order chi connectivity index (χ1) is 10.4. The molecule has 0 unspecified atom stereocenters. The zero-order valence-electron chi connectivity index (χ0n) is 14.6. The van der Waals surface area contributed by atoms with Crippen molar-refractivity contribution in [2.75, 3.05) is 0 Å². The van der Waals surface area contributed by atoms with Gasteiger partial charge < -0.3 is 17.0 Å². The maximum Gasteiger partial charge on any atom is 0.224 e. The summed E-state index contributed by atoms with van der Waals surface area (Å²) in [5.74, 6) is 0. The Morgan fingerprint density at radius 1 is 0.682 bits per heavy atom. The molecule has 0 aliphatic carbocycles. The predicted molar refractivity (Wildman–Crippen MR) is 94.8 cm³/mol. The van der Waals surface area contributed by atoms with Gasteiger partial charge in [-0.15, -0.1) is 0 Å². The fourth-order valence-corrected chi connectivity index (χ4v) is 3.51. The summed E-state index contributed by atoms with van der Waals surface area (Å²) >= 11 is 1.79. The van der Waals surface area contributed by atoms with Crippen LogP contribution >= 0.6 is 11.3 Å². The van der Waals surface area contributed by atoms with Crippen molar-refractivity contribution in [2.24, 2.45) is 0 Å². The zero-order valence-corrected chi connectivity index (χ0v) is 17.0. The first kappa shape index (κ1) is 22.1. The summed E-state index contributed by atoms with van der Waals surface area (Å²) < 4.78 is 2.31. The van der Waals surface area contributed by atoms with Crippen LogP contribution in [0.4, 0.5) is 0 Å². The molecule has 0 amide bonds. The third-order valence-electron chi connectivity index (χ3n) is 4.30. The molecule has 0 atom stereocenters. The van der Waals surface area contributed by atoms with E-state index in [1.165, 1.54) is 96.4 Å². The quantitative estimate of drug-likeness (QED) is 0.319. The number of nitrogens with zero attached hydrogens (tertiary/aromatic N) is 1. The summed E-state index contributed by atoms with van der Waals surface area (Å²) in [6, 6.07) is 0. The van der Waals surface area contributed by atoms with Crippen molar-refractivity contribution in [2.45, 2.75) is 103 Å². The number of aromatic nitrogens is 1. The van der Waals surface area contributed by atoms with Crippen molar-refractivity contribution in [3.05, 3.63) is 17.1 Å². The fourth-order valence-electron chi connectivity index (χ4n) is 2.88. The molecule has 0 spiro atoms. The van der Waals surface area contributed by atoms with Gasteiger partial charge in [-0.05, 0) is 6.42 Å². The second-order valence-corrected chi connectivity index (χ2v) is 7.12. The summed E-state index contributed by atoms with van der Waals surface area (Å²) in [6.45, 7) is 3.50. The van der Waals surface area contributed by atoms with Gasteiger partial charge in [0.1, 0.15) is 6.54 Å². The summed E-state index contributed by atoms with van der Waals surface area (Å²) in [6.07, 6.45) is 22.4. The lowest BCUT2D eigenvalue weighted by atomic mass is 10.0. The van der Waals surface area contributed by atoms with Crippen LogP contribution in [0.25, 0.3) is 0 Å². The van der Waals surface area contributed by atoms with Gasteiger partial charge in [0.15, 0.2) is 6.20 Å². The van der Waals surface area contributed by atoms with Gasteiger partial charge >= 0.3 is 0 Å². The third-order valence-corrected chi connectivity index (χ3v) is 4.97. The molecule has 1 heterocycles. The van der Waals surface area contributed by atoms with Crippen LogP contribution < -0.4 is 21.5 Å². The van der Waals surface area contributed by atoms with Gasteiger partial charge in [0.2, 0.25) is 5.51 Å². The smallest absolute Gasteiger partial charge is 0.224 e. The summed E-state index contributed by atoms with van der Waals surface area (Å²) in [4.78, 5) is 0. The Morgan fingerprint density at radius 2 is 1.14 bits per heavy atom. The number of thiazole rings is 1. The summed E-state index contributed by atoms with van der Waals surface area (Å²) in [7, 11) is 0. The standard InChI is InChI=1S/C19H36NS.BrH/c1-2-3-4-5-6-7-8-9-10-11-12-13-14-15-16-20-17-18-21-19-20;/h17-19H,2-16H2,1H3;1H/q+1;/p-1. The Balaban J connectivity index is 0.00000441. The minimum absolute atomic E-state index is 0. The van der Waals surface area contributed by atoms with E-state index in [-0.39, 0.29) is 17.0 Å². The highest BCUT2D eigenvalue weighted by Gasteiger charge is 1.99. The first-order valence-corrected chi connectivity index (χ1v) is 10.3. The normalized spacial score (nSPS) is 10.6. The molecule has 1 aromatic heterocycles. The van der Waals surface area contributed by atoms with Crippen molar-refractivity contribution >= 4 is 11.3 Å². The van der Waals surface area contributed by atoms with Gasteiger partial charge in [-0.1, -0.05) is 95.3 Å². The Hall–Kier alpha value is 0.110. The monoisotopic (exact) mass is 389 g/mol. The number of unbranched alkanes of at least 4 members (excludes halogenated alkanes) is 13. The second-order valence-electron chi connectivity index (χ2n) is 6.36. The third kappa shape index (κ3) is 13.8. The maximum absolute atomic E-state index is 2.31. The molecule has 3 heteroatoms. The minimum Gasteiger partial charge on any atom is -1.00 e. The Labute approximate surface area is 153 Å². The van der Waals surface area contributed by atoms with E-state index in [2.05, 4.69) is 28.6 Å². The molecule has 0 bridgehead atoms. The highest BCUT2D eigenvalue weighted by atomic mass is 79.9. The molecule has 0 aromatic carbocycles. The summed E-state index contributed by atoms with van der Waals surface area (Å²) in [5.41, 5.74) is 2.21. The van der Waals surface area contributed by atoms with Crippen molar-refractivity contribution in [1.82, 2.24) is 0 Å². The molecule has 130 valence electrons. The minimum atomic E-state index is 0. The van der Waals surface area contributed by atoms with Crippen LogP contribution in [0.15, 0.2) is 17.1 Å². The number of halogens is 1. The molecule has 0 saturated heterocycles. The van der Waals surface area contributed by atoms with Crippen LogP contribution in [0.1, 0.15) is 96.8 Å². The van der Waals surface area contributed by atoms with Crippen LogP contribution in [-0.4, -0.2) is 0 Å². The number of rotatable bonds is 15. The van der Waals surface area contributed by atoms with Crippen molar-refractivity contribution in [3.63, 3.8) is 0 Å². The lowest BCUT2D eigenvalue weighted by Crippen LogP contribution is -3.00. The van der Waals surface area contributed by atoms with Crippen molar-refractivity contribution < 1.29 is 21.5 Å². The highest BCUT2D eigenvalue weighted by Crippen LogP contribution is 2.12. The Morgan fingerprint density at radius 3 is 1.55 bits per heavy atom. The molecular weight excluding hydrogens is 354 g/mol. The van der Waals surface area contributed by atoms with E-state index in [1.807, 2.05) is 0 Å². The van der Waals surface area contributed by atoms with E-state index in [9.17, 15) is 0 Å². The van der Waals surface area contributed by atoms with Crippen LogP contribution in [0, 0.1) is 0 Å². The van der Waals surface area contributed by atoms with E-state index in [4.69, 9.17) is 0 Å². The van der Waals surface area contributed by atoms with E-state index in [1.54, 1.807) is 11.3 Å². The summed E-state index contributed by atoms with van der Waals surface area (Å²) in [5, 5.41) is 2.16. The molecule has 1 nitrogen and oxygen atoms in total. The van der Waals surface area contributed by atoms with Gasteiger partial charge in [0.05, 0.1) is 5.38 Å².